The summed E-state index contributed by atoms with van der Waals surface area (Å²) in [7, 11) is 1.46. The van der Waals surface area contributed by atoms with Gasteiger partial charge in [-0.25, -0.2) is 4.79 Å². The third-order valence-electron chi connectivity index (χ3n) is 5.49. The summed E-state index contributed by atoms with van der Waals surface area (Å²) in [6.07, 6.45) is -0.417. The van der Waals surface area contributed by atoms with Crippen molar-refractivity contribution in [3.8, 4) is 16.9 Å². The number of methoxy groups -OCH3 is 1. The maximum absolute atomic E-state index is 12.7. The van der Waals surface area contributed by atoms with Crippen LogP contribution in [-0.4, -0.2) is 35.7 Å². The second kappa shape index (κ2) is 9.04. The van der Waals surface area contributed by atoms with Crippen LogP contribution in [-0.2, 0) is 4.79 Å². The Morgan fingerprint density at radius 2 is 1.55 bits per heavy atom. The molecule has 8 heteroatoms. The van der Waals surface area contributed by atoms with Crippen molar-refractivity contribution < 1.29 is 24.2 Å². The Hall–Kier alpha value is -4.33. The predicted molar refractivity (Wildman–Crippen MR) is 125 cm³/mol. The molecule has 0 radical (unpaired) electrons. The summed E-state index contributed by atoms with van der Waals surface area (Å²) in [5, 5.41) is 16.8. The quantitative estimate of drug-likeness (QED) is 0.431. The maximum atomic E-state index is 12.7. The van der Waals surface area contributed by atoms with Gasteiger partial charge in [-0.2, -0.15) is 0 Å². The number of anilines is 2. The zero-order valence-electron chi connectivity index (χ0n) is 17.9. The molecule has 1 saturated carbocycles. The summed E-state index contributed by atoms with van der Waals surface area (Å²) in [4.78, 5) is 36.3. The number of carbonyl (C=O) groups excluding carboxylic acids is 2. The number of amides is 3. The molecule has 0 bridgehead atoms. The monoisotopic (exact) mass is 445 g/mol. The minimum absolute atomic E-state index is 0.303. The lowest BCUT2D eigenvalue weighted by molar-refractivity contribution is -0.119. The van der Waals surface area contributed by atoms with Crippen LogP contribution in [0.3, 0.4) is 0 Å². The van der Waals surface area contributed by atoms with Crippen LogP contribution in [0.15, 0.2) is 72.8 Å². The lowest BCUT2D eigenvalue weighted by Gasteiger charge is -2.17. The molecule has 0 aliphatic heterocycles. The smallest absolute Gasteiger partial charge is 0.405 e. The molecule has 1 aliphatic rings. The van der Waals surface area contributed by atoms with Crippen molar-refractivity contribution in [2.45, 2.75) is 18.4 Å². The van der Waals surface area contributed by atoms with E-state index >= 15 is 0 Å². The Bertz CT molecular complexity index is 1190. The van der Waals surface area contributed by atoms with E-state index in [1.54, 1.807) is 30.3 Å². The Balaban J connectivity index is 1.47. The van der Waals surface area contributed by atoms with Crippen LogP contribution in [0.5, 0.6) is 5.75 Å². The summed E-state index contributed by atoms with van der Waals surface area (Å²) < 4.78 is 5.30. The van der Waals surface area contributed by atoms with Crippen LogP contribution in [0.2, 0.25) is 0 Å². The van der Waals surface area contributed by atoms with Crippen molar-refractivity contribution in [3.63, 3.8) is 0 Å². The van der Waals surface area contributed by atoms with E-state index in [9.17, 15) is 14.4 Å². The van der Waals surface area contributed by atoms with Crippen molar-refractivity contribution in [2.75, 3.05) is 17.7 Å². The third-order valence-corrected chi connectivity index (χ3v) is 5.49. The van der Waals surface area contributed by atoms with Gasteiger partial charge in [0.15, 0.2) is 0 Å². The molecule has 33 heavy (non-hydrogen) atoms. The number of ether oxygens (including phenoxy) is 1. The van der Waals surface area contributed by atoms with Gasteiger partial charge in [-0.05, 0) is 54.3 Å². The number of carboxylic acid groups (broad SMARTS) is 1. The molecule has 168 valence electrons. The van der Waals surface area contributed by atoms with Crippen molar-refractivity contribution in [2.24, 2.45) is 0 Å². The first-order chi connectivity index (χ1) is 15.9. The number of rotatable bonds is 7. The largest absolute Gasteiger partial charge is 0.495 e. The Morgan fingerprint density at radius 1 is 0.879 bits per heavy atom. The van der Waals surface area contributed by atoms with E-state index in [2.05, 4.69) is 16.0 Å². The first-order valence-electron chi connectivity index (χ1n) is 10.4. The molecule has 4 rings (SSSR count). The molecule has 3 aromatic carbocycles. The standard InChI is InChI=1S/C25H23N3O5/c1-33-21-12-11-19(15-20(21)27-23(30)25(13-14-25)28-24(31)32)26-22(29)18-9-7-17(8-10-18)16-5-3-2-4-6-16/h2-12,15,28H,13-14H2,1H3,(H,26,29)(H,27,30)(H,31,32). The topological polar surface area (TPSA) is 117 Å². The molecule has 1 fully saturated rings. The molecule has 0 atom stereocenters. The van der Waals surface area contributed by atoms with Crippen LogP contribution < -0.4 is 20.7 Å². The fourth-order valence-electron chi connectivity index (χ4n) is 3.51. The Morgan fingerprint density at radius 3 is 2.15 bits per heavy atom. The van der Waals surface area contributed by atoms with Gasteiger partial charge in [-0.15, -0.1) is 0 Å². The summed E-state index contributed by atoms with van der Waals surface area (Å²) in [6, 6.07) is 22.0. The molecule has 0 aromatic heterocycles. The highest BCUT2D eigenvalue weighted by molar-refractivity contribution is 6.06. The number of nitrogens with one attached hydrogen (secondary N) is 3. The molecule has 0 saturated heterocycles. The fraction of sp³-hybridized carbons (Fsp3) is 0.160. The average molecular weight is 445 g/mol. The molecule has 3 amide bonds. The number of hydrogen-bond acceptors (Lipinski definition) is 4. The van der Waals surface area contributed by atoms with E-state index in [1.165, 1.54) is 7.11 Å². The van der Waals surface area contributed by atoms with Crippen molar-refractivity contribution in [3.05, 3.63) is 78.4 Å². The zero-order chi connectivity index (χ0) is 23.4. The fourth-order valence-corrected chi connectivity index (χ4v) is 3.51. The summed E-state index contributed by atoms with van der Waals surface area (Å²) in [6.45, 7) is 0. The first kappa shape index (κ1) is 21.9. The third kappa shape index (κ3) is 4.95. The highest BCUT2D eigenvalue weighted by Crippen LogP contribution is 2.38. The first-order valence-corrected chi connectivity index (χ1v) is 10.4. The second-order valence-corrected chi connectivity index (χ2v) is 7.78. The van der Waals surface area contributed by atoms with E-state index in [0.29, 0.717) is 35.5 Å². The Kier molecular flexibility index (Phi) is 5.99. The van der Waals surface area contributed by atoms with Crippen LogP contribution >= 0.6 is 0 Å². The molecular formula is C25H23N3O5. The second-order valence-electron chi connectivity index (χ2n) is 7.78. The molecule has 1 aliphatic carbocycles. The van der Waals surface area contributed by atoms with Crippen LogP contribution in [0.1, 0.15) is 23.2 Å². The van der Waals surface area contributed by atoms with Gasteiger partial charge < -0.3 is 25.8 Å². The minimum Gasteiger partial charge on any atom is -0.495 e. The molecule has 0 spiro atoms. The van der Waals surface area contributed by atoms with Gasteiger partial charge in [0.1, 0.15) is 11.3 Å². The Labute approximate surface area is 190 Å². The predicted octanol–water partition coefficient (Wildman–Crippen LogP) is 4.35. The number of carbonyl (C=O) groups is 3. The van der Waals surface area contributed by atoms with Gasteiger partial charge in [0, 0.05) is 11.3 Å². The SMILES string of the molecule is COc1ccc(NC(=O)c2ccc(-c3ccccc3)cc2)cc1NC(=O)C1(NC(=O)O)CC1. The van der Waals surface area contributed by atoms with Crippen molar-refractivity contribution >= 4 is 29.3 Å². The minimum atomic E-state index is -1.26. The van der Waals surface area contributed by atoms with Crippen LogP contribution in [0, 0.1) is 0 Å². The number of hydrogen-bond donors (Lipinski definition) is 4. The van der Waals surface area contributed by atoms with Crippen molar-refractivity contribution in [1.82, 2.24) is 5.32 Å². The van der Waals surface area contributed by atoms with E-state index in [-0.39, 0.29) is 5.91 Å². The van der Waals surface area contributed by atoms with Gasteiger partial charge in [-0.3, -0.25) is 9.59 Å². The lowest BCUT2D eigenvalue weighted by Crippen LogP contribution is -2.45. The maximum Gasteiger partial charge on any atom is 0.405 e. The number of benzene rings is 3. The summed E-state index contributed by atoms with van der Waals surface area (Å²) in [5.74, 6) is -0.383. The molecular weight excluding hydrogens is 422 g/mol. The van der Waals surface area contributed by atoms with E-state index in [4.69, 9.17) is 9.84 Å². The van der Waals surface area contributed by atoms with E-state index in [1.807, 2.05) is 42.5 Å². The van der Waals surface area contributed by atoms with Crippen molar-refractivity contribution in [1.29, 1.82) is 0 Å². The zero-order valence-corrected chi connectivity index (χ0v) is 17.9. The van der Waals surface area contributed by atoms with Gasteiger partial charge in [0.25, 0.3) is 5.91 Å². The van der Waals surface area contributed by atoms with Gasteiger partial charge in [0.2, 0.25) is 5.91 Å². The van der Waals surface area contributed by atoms with Crippen LogP contribution in [0.25, 0.3) is 11.1 Å². The van der Waals surface area contributed by atoms with Crippen LogP contribution in [0.4, 0.5) is 16.2 Å². The van der Waals surface area contributed by atoms with E-state index < -0.39 is 17.5 Å². The average Bonchev–Trinajstić information content (AvgIpc) is 3.60. The van der Waals surface area contributed by atoms with Gasteiger partial charge in [0.05, 0.1) is 12.8 Å². The molecule has 8 nitrogen and oxygen atoms in total. The lowest BCUT2D eigenvalue weighted by atomic mass is 10.0. The summed E-state index contributed by atoms with van der Waals surface area (Å²) >= 11 is 0. The highest BCUT2D eigenvalue weighted by atomic mass is 16.5. The summed E-state index contributed by atoms with van der Waals surface area (Å²) in [5.41, 5.74) is 2.21. The molecule has 3 aromatic rings. The molecule has 4 N–H and O–H groups in total. The highest BCUT2D eigenvalue weighted by Gasteiger charge is 2.51. The normalized spacial score (nSPS) is 13.5. The molecule has 0 unspecified atom stereocenters. The van der Waals surface area contributed by atoms with E-state index in [0.717, 1.165) is 11.1 Å². The van der Waals surface area contributed by atoms with Gasteiger partial charge in [-0.1, -0.05) is 42.5 Å². The van der Waals surface area contributed by atoms with Gasteiger partial charge >= 0.3 is 6.09 Å². The molecule has 0 heterocycles.